The third-order valence-electron chi connectivity index (χ3n) is 3.84. The number of nitrogens with one attached hydrogen (secondary N) is 2. The predicted molar refractivity (Wildman–Crippen MR) is 68.6 cm³/mol. The van der Waals surface area contributed by atoms with Crippen LogP contribution < -0.4 is 10.0 Å². The second-order valence-electron chi connectivity index (χ2n) is 6.25. The molecule has 1 aliphatic heterocycles. The maximum absolute atomic E-state index is 11.9. The zero-order valence-electron chi connectivity index (χ0n) is 10.6. The van der Waals surface area contributed by atoms with Crippen LogP contribution in [0.1, 0.15) is 52.9 Å². The maximum atomic E-state index is 11.9. The lowest BCUT2D eigenvalue weighted by Gasteiger charge is -2.48. The Morgan fingerprint density at radius 3 is 2.38 bits per heavy atom. The van der Waals surface area contributed by atoms with Crippen LogP contribution in [0.4, 0.5) is 0 Å². The first-order valence-electron chi connectivity index (χ1n) is 6.34. The highest BCUT2D eigenvalue weighted by Gasteiger charge is 2.40. The largest absolute Gasteiger partial charge is 0.310 e. The van der Waals surface area contributed by atoms with Crippen molar-refractivity contribution < 1.29 is 4.21 Å². The molecular weight excluding hydrogens is 220 g/mol. The van der Waals surface area contributed by atoms with Gasteiger partial charge in [-0.15, -0.1) is 0 Å². The molecule has 2 atom stereocenters. The molecule has 0 bridgehead atoms. The first-order chi connectivity index (χ1) is 7.41. The molecule has 2 unspecified atom stereocenters. The first kappa shape index (κ1) is 12.5. The Morgan fingerprint density at radius 1 is 1.31 bits per heavy atom. The van der Waals surface area contributed by atoms with Gasteiger partial charge in [0.05, 0.1) is 15.7 Å². The zero-order chi connectivity index (χ0) is 11.8. The van der Waals surface area contributed by atoms with Gasteiger partial charge in [0.25, 0.3) is 0 Å². The summed E-state index contributed by atoms with van der Waals surface area (Å²) in [6.07, 6.45) is 6.45. The molecule has 2 N–H and O–H groups in total. The van der Waals surface area contributed by atoms with E-state index in [9.17, 15) is 4.21 Å². The summed E-state index contributed by atoms with van der Waals surface area (Å²) < 4.78 is 15.0. The van der Waals surface area contributed by atoms with Crippen LogP contribution in [0.2, 0.25) is 0 Å². The molecule has 0 aromatic heterocycles. The van der Waals surface area contributed by atoms with Crippen LogP contribution in [0, 0.1) is 0 Å². The highest BCUT2D eigenvalue weighted by molar-refractivity contribution is 7.84. The highest BCUT2D eigenvalue weighted by Crippen LogP contribution is 2.38. The molecule has 1 spiro atoms. The van der Waals surface area contributed by atoms with Gasteiger partial charge in [-0.3, -0.25) is 0 Å². The molecule has 1 saturated carbocycles. The van der Waals surface area contributed by atoms with E-state index in [1.807, 2.05) is 20.8 Å². The van der Waals surface area contributed by atoms with Crippen molar-refractivity contribution in [2.45, 2.75) is 69.2 Å². The van der Waals surface area contributed by atoms with E-state index in [1.54, 1.807) is 0 Å². The lowest BCUT2D eigenvalue weighted by atomic mass is 9.71. The van der Waals surface area contributed by atoms with E-state index in [0.29, 0.717) is 11.6 Å². The van der Waals surface area contributed by atoms with Gasteiger partial charge >= 0.3 is 0 Å². The predicted octanol–water partition coefficient (Wildman–Crippen LogP) is 1.71. The number of piperidine rings is 1. The standard InChI is InChI=1S/C12H24N2OS/c1-11(2,3)16(15)14-10-5-8-12(13-9-10)6-4-7-12/h10,13-14H,4-9H2,1-3H3. The number of rotatable bonds is 2. The Kier molecular flexibility index (Phi) is 3.44. The summed E-state index contributed by atoms with van der Waals surface area (Å²) in [5.74, 6) is 0. The van der Waals surface area contributed by atoms with Gasteiger partial charge in [-0.2, -0.15) is 0 Å². The molecule has 1 aliphatic carbocycles. The molecule has 3 nitrogen and oxygen atoms in total. The van der Waals surface area contributed by atoms with Gasteiger partial charge < -0.3 is 5.32 Å². The van der Waals surface area contributed by atoms with E-state index in [1.165, 1.54) is 25.7 Å². The van der Waals surface area contributed by atoms with Gasteiger partial charge in [0, 0.05) is 18.1 Å². The summed E-state index contributed by atoms with van der Waals surface area (Å²) in [6, 6.07) is 0.381. The third-order valence-corrected chi connectivity index (χ3v) is 5.50. The van der Waals surface area contributed by atoms with Crippen LogP contribution in [-0.4, -0.2) is 27.1 Å². The van der Waals surface area contributed by atoms with Crippen LogP contribution in [0.15, 0.2) is 0 Å². The second-order valence-corrected chi connectivity index (χ2v) is 8.25. The quantitative estimate of drug-likeness (QED) is 0.776. The molecule has 1 heterocycles. The Morgan fingerprint density at radius 2 is 2.00 bits per heavy atom. The molecule has 2 rings (SSSR count). The molecular formula is C12H24N2OS. The highest BCUT2D eigenvalue weighted by atomic mass is 32.2. The number of hydrogen-bond acceptors (Lipinski definition) is 2. The molecule has 94 valence electrons. The number of hydrogen-bond donors (Lipinski definition) is 2. The minimum absolute atomic E-state index is 0.161. The first-order valence-corrected chi connectivity index (χ1v) is 7.49. The van der Waals surface area contributed by atoms with Gasteiger partial charge in [0.1, 0.15) is 0 Å². The molecule has 0 radical (unpaired) electrons. The van der Waals surface area contributed by atoms with E-state index in [0.717, 1.165) is 13.0 Å². The van der Waals surface area contributed by atoms with Crippen molar-refractivity contribution in [2.75, 3.05) is 6.54 Å². The van der Waals surface area contributed by atoms with Gasteiger partial charge in [-0.25, -0.2) is 8.93 Å². The summed E-state index contributed by atoms with van der Waals surface area (Å²) in [6.45, 7) is 7.02. The van der Waals surface area contributed by atoms with Crippen LogP contribution >= 0.6 is 0 Å². The molecule has 4 heteroatoms. The lowest BCUT2D eigenvalue weighted by Crippen LogP contribution is -2.60. The topological polar surface area (TPSA) is 41.1 Å². The summed E-state index contributed by atoms with van der Waals surface area (Å²) in [5.41, 5.74) is 0.460. The van der Waals surface area contributed by atoms with Crippen molar-refractivity contribution in [3.8, 4) is 0 Å². The smallest absolute Gasteiger partial charge is 0.0973 e. The molecule has 2 fully saturated rings. The minimum Gasteiger partial charge on any atom is -0.310 e. The molecule has 16 heavy (non-hydrogen) atoms. The molecule has 0 amide bonds. The second kappa shape index (κ2) is 4.39. The Labute approximate surface area is 101 Å². The lowest BCUT2D eigenvalue weighted by molar-refractivity contribution is 0.131. The fraction of sp³-hybridized carbons (Fsp3) is 1.00. The molecule has 0 aromatic carbocycles. The van der Waals surface area contributed by atoms with Gasteiger partial charge in [0.2, 0.25) is 0 Å². The minimum atomic E-state index is -0.934. The fourth-order valence-electron chi connectivity index (χ4n) is 2.44. The van der Waals surface area contributed by atoms with E-state index >= 15 is 0 Å². The van der Waals surface area contributed by atoms with Gasteiger partial charge in [-0.1, -0.05) is 0 Å². The van der Waals surface area contributed by atoms with Gasteiger partial charge in [-0.05, 0) is 52.9 Å². The van der Waals surface area contributed by atoms with Crippen molar-refractivity contribution in [3.63, 3.8) is 0 Å². The average Bonchev–Trinajstić information content (AvgIpc) is 2.15. The molecule has 2 aliphatic rings. The summed E-state index contributed by atoms with van der Waals surface area (Å²) >= 11 is 0. The Bertz CT molecular complexity index is 271. The van der Waals surface area contributed by atoms with Crippen molar-refractivity contribution >= 4 is 11.0 Å². The molecule has 0 aromatic rings. The van der Waals surface area contributed by atoms with Crippen molar-refractivity contribution in [2.24, 2.45) is 0 Å². The third kappa shape index (κ3) is 2.66. The van der Waals surface area contributed by atoms with E-state index in [-0.39, 0.29) is 4.75 Å². The van der Waals surface area contributed by atoms with Crippen LogP contribution in [0.25, 0.3) is 0 Å². The van der Waals surface area contributed by atoms with Crippen molar-refractivity contribution in [3.05, 3.63) is 0 Å². The average molecular weight is 244 g/mol. The van der Waals surface area contributed by atoms with Gasteiger partial charge in [0.15, 0.2) is 0 Å². The maximum Gasteiger partial charge on any atom is 0.0973 e. The van der Waals surface area contributed by atoms with E-state index < -0.39 is 11.0 Å². The summed E-state index contributed by atoms with van der Waals surface area (Å²) in [5, 5.41) is 3.64. The Hall–Kier alpha value is 0.0700. The SMILES string of the molecule is CC(C)(C)S(=O)NC1CCC2(CCC2)NC1. The Balaban J connectivity index is 1.79. The molecule has 1 saturated heterocycles. The van der Waals surface area contributed by atoms with Crippen LogP contribution in [-0.2, 0) is 11.0 Å². The zero-order valence-corrected chi connectivity index (χ0v) is 11.5. The summed E-state index contributed by atoms with van der Waals surface area (Å²) in [4.78, 5) is 0. The monoisotopic (exact) mass is 244 g/mol. The fourth-order valence-corrected chi connectivity index (χ4v) is 3.30. The normalized spacial score (nSPS) is 31.1. The van der Waals surface area contributed by atoms with Crippen molar-refractivity contribution in [1.82, 2.24) is 10.0 Å². The van der Waals surface area contributed by atoms with Crippen LogP contribution in [0.5, 0.6) is 0 Å². The van der Waals surface area contributed by atoms with E-state index in [4.69, 9.17) is 0 Å². The summed E-state index contributed by atoms with van der Waals surface area (Å²) in [7, 11) is -0.934. The van der Waals surface area contributed by atoms with Crippen LogP contribution in [0.3, 0.4) is 0 Å². The van der Waals surface area contributed by atoms with E-state index in [2.05, 4.69) is 10.0 Å². The van der Waals surface area contributed by atoms with Crippen molar-refractivity contribution in [1.29, 1.82) is 0 Å².